The maximum absolute atomic E-state index is 4.24. The summed E-state index contributed by atoms with van der Waals surface area (Å²) < 4.78 is 0. The third kappa shape index (κ3) is 1.29. The van der Waals surface area contributed by atoms with Crippen LogP contribution in [0, 0.1) is 0 Å². The summed E-state index contributed by atoms with van der Waals surface area (Å²) in [6.45, 7) is 8.21. The highest BCUT2D eigenvalue weighted by Crippen LogP contribution is 2.36. The first-order valence-corrected chi connectivity index (χ1v) is 6.58. The molecule has 0 saturated carbocycles. The van der Waals surface area contributed by atoms with E-state index in [1.54, 1.807) is 0 Å². The summed E-state index contributed by atoms with van der Waals surface area (Å²) >= 11 is 0. The van der Waals surface area contributed by atoms with Crippen LogP contribution in [0.3, 0.4) is 0 Å². The Bertz CT molecular complexity index is 910. The highest BCUT2D eigenvalue weighted by molar-refractivity contribution is 6.16. The molecule has 3 aromatic rings. The maximum atomic E-state index is 4.24. The van der Waals surface area contributed by atoms with Crippen molar-refractivity contribution in [1.82, 2.24) is 0 Å². The van der Waals surface area contributed by atoms with Gasteiger partial charge in [-0.1, -0.05) is 55.6 Å². The Morgan fingerprint density at radius 2 is 1.84 bits per heavy atom. The largest absolute Gasteiger partial charge is 0.0984 e. The van der Waals surface area contributed by atoms with Crippen molar-refractivity contribution < 1.29 is 0 Å². The van der Waals surface area contributed by atoms with E-state index in [9.17, 15) is 0 Å². The van der Waals surface area contributed by atoms with Crippen molar-refractivity contribution in [1.29, 1.82) is 0 Å². The number of benzene rings is 3. The summed E-state index contributed by atoms with van der Waals surface area (Å²) in [6, 6.07) is 13.2. The first-order chi connectivity index (χ1) is 9.29. The minimum Gasteiger partial charge on any atom is -0.0984 e. The van der Waals surface area contributed by atoms with Gasteiger partial charge in [-0.3, -0.25) is 0 Å². The fraction of sp³-hybridized carbons (Fsp3) is 0.0526. The van der Waals surface area contributed by atoms with Gasteiger partial charge in [0.2, 0.25) is 0 Å². The van der Waals surface area contributed by atoms with E-state index in [-0.39, 0.29) is 0 Å². The van der Waals surface area contributed by atoms with Gasteiger partial charge in [0.1, 0.15) is 0 Å². The number of allylic oxidation sites excluding steroid dienone is 1. The molecule has 0 N–H and O–H groups in total. The first-order valence-electron chi connectivity index (χ1n) is 6.58. The van der Waals surface area contributed by atoms with Gasteiger partial charge in [-0.2, -0.15) is 0 Å². The average molecular weight is 242 g/mol. The molecule has 3 aromatic carbocycles. The summed E-state index contributed by atoms with van der Waals surface area (Å²) in [5, 5.41) is 6.63. The van der Waals surface area contributed by atoms with E-state index in [0.29, 0.717) is 0 Å². The van der Waals surface area contributed by atoms with Gasteiger partial charge in [0.25, 0.3) is 0 Å². The van der Waals surface area contributed by atoms with Crippen LogP contribution in [0.25, 0.3) is 39.3 Å². The lowest BCUT2D eigenvalue weighted by Gasteiger charge is -2.19. The average Bonchev–Trinajstić information content (AvgIpc) is 2.46. The van der Waals surface area contributed by atoms with Gasteiger partial charge in [0, 0.05) is 0 Å². The zero-order valence-corrected chi connectivity index (χ0v) is 10.7. The van der Waals surface area contributed by atoms with Crippen molar-refractivity contribution in [3.63, 3.8) is 0 Å². The fourth-order valence-corrected chi connectivity index (χ4v) is 3.24. The fourth-order valence-electron chi connectivity index (χ4n) is 3.24. The second-order valence-corrected chi connectivity index (χ2v) is 5.17. The molecule has 0 unspecified atom stereocenters. The van der Waals surface area contributed by atoms with Crippen molar-refractivity contribution in [2.75, 3.05) is 0 Å². The van der Waals surface area contributed by atoms with Crippen molar-refractivity contribution in [2.24, 2.45) is 0 Å². The van der Waals surface area contributed by atoms with Crippen LogP contribution in [0.2, 0.25) is 0 Å². The second kappa shape index (κ2) is 3.58. The Morgan fingerprint density at radius 3 is 2.68 bits per heavy atom. The molecule has 1 aliphatic carbocycles. The molecular weight excluding hydrogens is 228 g/mol. The predicted molar refractivity (Wildman–Crippen MR) is 84.9 cm³/mol. The van der Waals surface area contributed by atoms with Crippen LogP contribution in [0.1, 0.15) is 17.5 Å². The van der Waals surface area contributed by atoms with Crippen molar-refractivity contribution in [2.45, 2.75) is 6.42 Å². The van der Waals surface area contributed by atoms with Crippen LogP contribution < -0.4 is 5.22 Å². The monoisotopic (exact) mass is 242 g/mol. The third-order valence-electron chi connectivity index (χ3n) is 4.10. The lowest BCUT2D eigenvalue weighted by Crippen LogP contribution is -2.10. The third-order valence-corrected chi connectivity index (χ3v) is 4.10. The Balaban J connectivity index is 2.44. The molecule has 19 heavy (non-hydrogen) atoms. The Kier molecular flexibility index (Phi) is 1.99. The zero-order valence-electron chi connectivity index (χ0n) is 10.7. The van der Waals surface area contributed by atoms with E-state index in [1.165, 1.54) is 43.5 Å². The SMILES string of the molecule is C=Cc1cc2cccc3ccc4c(c1C(=C)CC=4)c32. The van der Waals surface area contributed by atoms with E-state index in [4.69, 9.17) is 0 Å². The first kappa shape index (κ1) is 10.6. The lowest BCUT2D eigenvalue weighted by atomic mass is 9.84. The van der Waals surface area contributed by atoms with E-state index >= 15 is 0 Å². The predicted octanol–water partition coefficient (Wildman–Crippen LogP) is 4.55. The van der Waals surface area contributed by atoms with Crippen LogP contribution in [-0.2, 0) is 0 Å². The minimum atomic E-state index is 0.932. The van der Waals surface area contributed by atoms with E-state index in [0.717, 1.165) is 6.42 Å². The van der Waals surface area contributed by atoms with E-state index in [2.05, 4.69) is 55.6 Å². The molecule has 0 amide bonds. The van der Waals surface area contributed by atoms with Crippen molar-refractivity contribution >= 4 is 39.3 Å². The molecule has 0 spiro atoms. The van der Waals surface area contributed by atoms with Gasteiger partial charge >= 0.3 is 0 Å². The molecule has 0 saturated heterocycles. The molecular formula is C19H14. The zero-order chi connectivity index (χ0) is 13.0. The van der Waals surface area contributed by atoms with Gasteiger partial charge in [-0.25, -0.2) is 0 Å². The normalized spacial score (nSPS) is 13.8. The van der Waals surface area contributed by atoms with Crippen LogP contribution in [-0.4, -0.2) is 0 Å². The number of hydrogen-bond donors (Lipinski definition) is 0. The van der Waals surface area contributed by atoms with Crippen LogP contribution >= 0.6 is 0 Å². The second-order valence-electron chi connectivity index (χ2n) is 5.17. The molecule has 0 bridgehead atoms. The van der Waals surface area contributed by atoms with Gasteiger partial charge < -0.3 is 0 Å². The van der Waals surface area contributed by atoms with E-state index in [1.807, 2.05) is 6.08 Å². The number of rotatable bonds is 1. The highest BCUT2D eigenvalue weighted by Gasteiger charge is 2.16. The molecule has 1 aliphatic rings. The molecule has 0 aliphatic heterocycles. The molecule has 0 fully saturated rings. The molecule has 90 valence electrons. The molecule has 0 aromatic heterocycles. The lowest BCUT2D eigenvalue weighted by molar-refractivity contribution is 1.43. The molecule has 4 rings (SSSR count). The summed E-state index contributed by atoms with van der Waals surface area (Å²) in [5.41, 5.74) is 3.68. The number of hydrogen-bond acceptors (Lipinski definition) is 0. The topological polar surface area (TPSA) is 0 Å². The molecule has 0 heterocycles. The summed E-state index contributed by atoms with van der Waals surface area (Å²) in [7, 11) is 0. The van der Waals surface area contributed by atoms with Crippen molar-refractivity contribution in [3.8, 4) is 0 Å². The quantitative estimate of drug-likeness (QED) is 0.587. The van der Waals surface area contributed by atoms with Gasteiger partial charge in [0.15, 0.2) is 0 Å². The maximum Gasteiger partial charge on any atom is -0.00212 e. The van der Waals surface area contributed by atoms with Gasteiger partial charge in [-0.05, 0) is 56.0 Å². The standard InChI is InChI=1S/C19H14/c1-3-13-11-16-6-4-5-14-9-10-15-8-7-12(2)17(13)19(15)18(14)16/h3-6,8-11H,1-2,7H2. The summed E-state index contributed by atoms with van der Waals surface area (Å²) in [4.78, 5) is 0. The molecule has 0 radical (unpaired) electrons. The summed E-state index contributed by atoms with van der Waals surface area (Å²) in [5.74, 6) is 0. The van der Waals surface area contributed by atoms with Gasteiger partial charge in [-0.15, -0.1) is 0 Å². The van der Waals surface area contributed by atoms with Gasteiger partial charge in [0.05, 0.1) is 0 Å². The molecule has 0 heteroatoms. The Labute approximate surface area is 112 Å². The van der Waals surface area contributed by atoms with Crippen molar-refractivity contribution in [3.05, 3.63) is 65.9 Å². The molecule has 0 nitrogen and oxygen atoms in total. The van der Waals surface area contributed by atoms with Crippen LogP contribution in [0.15, 0.2) is 49.6 Å². The minimum absolute atomic E-state index is 0.932. The molecule has 0 atom stereocenters. The summed E-state index contributed by atoms with van der Waals surface area (Å²) in [6.07, 6.45) is 5.16. The smallest absolute Gasteiger partial charge is 0.00212 e. The van der Waals surface area contributed by atoms with Crippen LogP contribution in [0.5, 0.6) is 0 Å². The highest BCUT2D eigenvalue weighted by atomic mass is 14.2. The Morgan fingerprint density at radius 1 is 1.00 bits per heavy atom. The van der Waals surface area contributed by atoms with Crippen LogP contribution in [0.4, 0.5) is 0 Å². The van der Waals surface area contributed by atoms with E-state index < -0.39 is 0 Å². The Hall–Kier alpha value is -2.34.